The van der Waals surface area contributed by atoms with Crippen LogP contribution < -0.4 is 0 Å². The van der Waals surface area contributed by atoms with Gasteiger partial charge in [-0.25, -0.2) is 0 Å². The number of hydrogen-bond donors (Lipinski definition) is 1. The van der Waals surface area contributed by atoms with Crippen LogP contribution in [0.5, 0.6) is 0 Å². The van der Waals surface area contributed by atoms with Gasteiger partial charge in [0.15, 0.2) is 0 Å². The minimum absolute atomic E-state index is 0.560. The first-order valence-electron chi connectivity index (χ1n) is 9.28. The molecule has 0 fully saturated rings. The summed E-state index contributed by atoms with van der Waals surface area (Å²) in [6.07, 6.45) is 10.7. The van der Waals surface area contributed by atoms with E-state index in [2.05, 4.69) is 64.1 Å². The molecule has 3 rings (SSSR count). The van der Waals surface area contributed by atoms with Gasteiger partial charge < -0.3 is 5.41 Å². The monoisotopic (exact) mass is 341 g/mol. The second-order valence-corrected chi connectivity index (χ2v) is 7.15. The summed E-state index contributed by atoms with van der Waals surface area (Å²) >= 11 is 0. The Morgan fingerprint density at radius 1 is 0.962 bits per heavy atom. The Morgan fingerprint density at radius 2 is 1.73 bits per heavy atom. The van der Waals surface area contributed by atoms with Crippen LogP contribution in [0.1, 0.15) is 53.1 Å². The molecule has 0 amide bonds. The first-order valence-corrected chi connectivity index (χ1v) is 9.28. The fourth-order valence-electron chi connectivity index (χ4n) is 3.54. The summed E-state index contributed by atoms with van der Waals surface area (Å²) in [5.41, 5.74) is 10.5. The highest BCUT2D eigenvalue weighted by atomic mass is 14.4. The van der Waals surface area contributed by atoms with E-state index in [9.17, 15) is 0 Å². The lowest BCUT2D eigenvalue weighted by atomic mass is 9.87. The van der Waals surface area contributed by atoms with Gasteiger partial charge in [0.2, 0.25) is 0 Å². The topological polar surface area (TPSA) is 23.9 Å². The zero-order valence-corrected chi connectivity index (χ0v) is 16.2. The van der Waals surface area contributed by atoms with Gasteiger partial charge in [0.1, 0.15) is 0 Å². The van der Waals surface area contributed by atoms with E-state index in [1.54, 1.807) is 0 Å². The molecule has 0 saturated heterocycles. The predicted octanol–water partition coefficient (Wildman–Crippen LogP) is 6.82. The van der Waals surface area contributed by atoms with Crippen LogP contribution >= 0.6 is 0 Å². The van der Waals surface area contributed by atoms with Crippen molar-refractivity contribution in [1.29, 1.82) is 5.41 Å². The molecular formula is C25H27N. The zero-order chi connectivity index (χ0) is 18.7. The molecule has 0 spiro atoms. The average molecular weight is 341 g/mol. The summed E-state index contributed by atoms with van der Waals surface area (Å²) in [5, 5.41) is 8.53. The summed E-state index contributed by atoms with van der Waals surface area (Å²) in [7, 11) is 0. The van der Waals surface area contributed by atoms with Crippen LogP contribution in [0.25, 0.3) is 11.6 Å². The fourth-order valence-corrected chi connectivity index (χ4v) is 3.54. The standard InChI is InChI=1S/C25H27N/c1-17-9-5-7-11-21(17)13-16-25(26)24-15-14-23(19(3)20(24)4)22-12-8-6-10-18(22)2/h5,7-9,11-16,26H,6,10H2,1-4H3/b16-13-,26-25?. The van der Waals surface area contributed by atoms with Crippen molar-refractivity contribution in [2.24, 2.45) is 0 Å². The van der Waals surface area contributed by atoms with Gasteiger partial charge in [-0.3, -0.25) is 0 Å². The highest BCUT2D eigenvalue weighted by Crippen LogP contribution is 2.31. The fraction of sp³-hybridized carbons (Fsp3) is 0.240. The number of allylic oxidation sites excluding steroid dienone is 5. The van der Waals surface area contributed by atoms with Crippen molar-refractivity contribution in [2.75, 3.05) is 0 Å². The van der Waals surface area contributed by atoms with Crippen LogP contribution in [0.2, 0.25) is 0 Å². The van der Waals surface area contributed by atoms with Crippen LogP contribution in [0, 0.1) is 26.2 Å². The molecule has 0 heterocycles. The summed E-state index contributed by atoms with van der Waals surface area (Å²) in [6.45, 7) is 8.64. The number of aryl methyl sites for hydroxylation is 1. The molecule has 2 aromatic rings. The second kappa shape index (κ2) is 7.70. The van der Waals surface area contributed by atoms with E-state index in [1.165, 1.54) is 33.4 Å². The van der Waals surface area contributed by atoms with Gasteiger partial charge >= 0.3 is 0 Å². The Hall–Kier alpha value is -2.67. The van der Waals surface area contributed by atoms with Gasteiger partial charge in [0, 0.05) is 5.56 Å². The summed E-state index contributed by atoms with van der Waals surface area (Å²) in [6, 6.07) is 12.5. The lowest BCUT2D eigenvalue weighted by molar-refractivity contribution is 0.966. The molecule has 1 N–H and O–H groups in total. The average Bonchev–Trinajstić information content (AvgIpc) is 2.64. The van der Waals surface area contributed by atoms with E-state index < -0.39 is 0 Å². The lowest BCUT2D eigenvalue weighted by Crippen LogP contribution is -2.03. The number of hydrogen-bond acceptors (Lipinski definition) is 1. The molecule has 1 aliphatic carbocycles. The van der Waals surface area contributed by atoms with Gasteiger partial charge in [-0.2, -0.15) is 0 Å². The number of benzene rings is 2. The molecular weight excluding hydrogens is 314 g/mol. The van der Waals surface area contributed by atoms with Crippen LogP contribution in [-0.2, 0) is 0 Å². The smallest absolute Gasteiger partial charge is 0.0615 e. The maximum absolute atomic E-state index is 8.53. The van der Waals surface area contributed by atoms with E-state index in [0.717, 1.165) is 24.0 Å². The van der Waals surface area contributed by atoms with Crippen LogP contribution in [0.4, 0.5) is 0 Å². The van der Waals surface area contributed by atoms with Gasteiger partial charge in [0.25, 0.3) is 0 Å². The van der Waals surface area contributed by atoms with Crippen molar-refractivity contribution in [3.8, 4) is 0 Å². The van der Waals surface area contributed by atoms with Gasteiger partial charge in [-0.1, -0.05) is 60.2 Å². The Kier molecular flexibility index (Phi) is 5.37. The van der Waals surface area contributed by atoms with Crippen LogP contribution in [0.3, 0.4) is 0 Å². The minimum Gasteiger partial charge on any atom is -0.300 e. The van der Waals surface area contributed by atoms with Crippen molar-refractivity contribution >= 4 is 17.4 Å². The zero-order valence-electron chi connectivity index (χ0n) is 16.2. The molecule has 1 aliphatic rings. The molecule has 0 saturated carbocycles. The Balaban J connectivity index is 1.92. The minimum atomic E-state index is 0.560. The predicted molar refractivity (Wildman–Crippen MR) is 114 cm³/mol. The molecule has 1 nitrogen and oxygen atoms in total. The first kappa shape index (κ1) is 18.1. The van der Waals surface area contributed by atoms with E-state index in [-0.39, 0.29) is 0 Å². The Bertz CT molecular complexity index is 939. The molecule has 1 heteroatoms. The van der Waals surface area contributed by atoms with Crippen molar-refractivity contribution in [3.63, 3.8) is 0 Å². The normalized spacial score (nSPS) is 14.3. The maximum atomic E-state index is 8.53. The van der Waals surface area contributed by atoms with E-state index >= 15 is 0 Å². The van der Waals surface area contributed by atoms with Crippen molar-refractivity contribution in [2.45, 2.75) is 40.5 Å². The summed E-state index contributed by atoms with van der Waals surface area (Å²) < 4.78 is 0. The van der Waals surface area contributed by atoms with E-state index in [0.29, 0.717) is 5.71 Å². The summed E-state index contributed by atoms with van der Waals surface area (Å²) in [4.78, 5) is 0. The molecule has 0 radical (unpaired) electrons. The first-order chi connectivity index (χ1) is 12.5. The van der Waals surface area contributed by atoms with Gasteiger partial charge in [0.05, 0.1) is 5.71 Å². The quantitative estimate of drug-likeness (QED) is 0.590. The summed E-state index contributed by atoms with van der Waals surface area (Å²) in [5.74, 6) is 0. The lowest BCUT2D eigenvalue weighted by Gasteiger charge is -2.18. The van der Waals surface area contributed by atoms with E-state index in [4.69, 9.17) is 5.41 Å². The van der Waals surface area contributed by atoms with Crippen molar-refractivity contribution in [1.82, 2.24) is 0 Å². The highest BCUT2D eigenvalue weighted by molar-refractivity contribution is 6.10. The van der Waals surface area contributed by atoms with Gasteiger partial charge in [-0.05, 0) is 80.0 Å². The van der Waals surface area contributed by atoms with E-state index in [1.807, 2.05) is 24.3 Å². The van der Waals surface area contributed by atoms with Crippen LogP contribution in [0.15, 0.2) is 60.2 Å². The molecule has 132 valence electrons. The maximum Gasteiger partial charge on any atom is 0.0615 e. The van der Waals surface area contributed by atoms with Crippen LogP contribution in [-0.4, -0.2) is 5.71 Å². The molecule has 2 aromatic carbocycles. The third-order valence-corrected chi connectivity index (χ3v) is 5.42. The third kappa shape index (κ3) is 3.62. The largest absolute Gasteiger partial charge is 0.300 e. The molecule has 0 atom stereocenters. The SMILES string of the molecule is CC1=C(c2ccc(C(=N)/C=C\c3ccccc3C)c(C)c2C)C=CCC1. The third-order valence-electron chi connectivity index (χ3n) is 5.42. The molecule has 0 unspecified atom stereocenters. The highest BCUT2D eigenvalue weighted by Gasteiger charge is 2.13. The Labute approximate surface area is 157 Å². The van der Waals surface area contributed by atoms with Crippen molar-refractivity contribution < 1.29 is 0 Å². The van der Waals surface area contributed by atoms with Gasteiger partial charge in [-0.15, -0.1) is 0 Å². The Morgan fingerprint density at radius 3 is 2.46 bits per heavy atom. The molecule has 0 aromatic heterocycles. The number of nitrogens with one attached hydrogen (secondary N) is 1. The molecule has 26 heavy (non-hydrogen) atoms. The molecule has 0 aliphatic heterocycles. The van der Waals surface area contributed by atoms with Crippen molar-refractivity contribution in [3.05, 3.63) is 93.6 Å². The second-order valence-electron chi connectivity index (χ2n) is 7.15. The number of rotatable bonds is 4. The molecule has 0 bridgehead atoms.